The van der Waals surface area contributed by atoms with E-state index in [1.165, 1.54) is 0 Å². The highest BCUT2D eigenvalue weighted by Crippen LogP contribution is 2.28. The molecule has 2 N–H and O–H groups in total. The fourth-order valence-electron chi connectivity index (χ4n) is 1.55. The number of hydrogen-bond donors (Lipinski definition) is 1. The van der Waals surface area contributed by atoms with Crippen molar-refractivity contribution in [3.63, 3.8) is 0 Å². The Kier molecular flexibility index (Phi) is 2.15. The maximum Gasteiger partial charge on any atom is 0.344 e. The van der Waals surface area contributed by atoms with Crippen LogP contribution in [0.4, 0.5) is 0 Å². The number of carbonyl (C=O) groups is 2. The Morgan fingerprint density at radius 3 is 2.46 bits per heavy atom. The van der Waals surface area contributed by atoms with Crippen molar-refractivity contribution < 1.29 is 14.3 Å². The summed E-state index contributed by atoms with van der Waals surface area (Å²) >= 11 is 0. The number of amides is 1. The van der Waals surface area contributed by atoms with Gasteiger partial charge in [-0.1, -0.05) is 0 Å². The second-order valence-corrected chi connectivity index (χ2v) is 3.85. The second kappa shape index (κ2) is 2.87. The molecule has 1 aliphatic heterocycles. The van der Waals surface area contributed by atoms with Gasteiger partial charge in [0.1, 0.15) is 11.2 Å². The quantitative estimate of drug-likeness (QED) is 0.475. The summed E-state index contributed by atoms with van der Waals surface area (Å²) in [4.78, 5) is 22.1. The summed E-state index contributed by atoms with van der Waals surface area (Å²) in [6.45, 7) is 5.32. The van der Waals surface area contributed by atoms with Crippen molar-refractivity contribution in [1.82, 2.24) is 0 Å². The number of primary amides is 1. The average molecular weight is 183 g/mol. The molecule has 0 atom stereocenters. The topological polar surface area (TPSA) is 69.4 Å². The minimum Gasteiger partial charge on any atom is -0.456 e. The Labute approximate surface area is 76.7 Å². The average Bonchev–Trinajstić information content (AvgIpc) is 1.78. The van der Waals surface area contributed by atoms with E-state index in [4.69, 9.17) is 10.5 Å². The molecule has 0 fully saturated rings. The Morgan fingerprint density at radius 1 is 1.54 bits per heavy atom. The summed E-state index contributed by atoms with van der Waals surface area (Å²) in [5.41, 5.74) is 5.21. The third-order valence-electron chi connectivity index (χ3n) is 1.94. The first-order valence-corrected chi connectivity index (χ1v) is 4.06. The molecule has 0 aliphatic carbocycles. The van der Waals surface area contributed by atoms with Crippen molar-refractivity contribution in [3.05, 3.63) is 11.1 Å². The van der Waals surface area contributed by atoms with Crippen LogP contribution in [0.5, 0.6) is 0 Å². The lowest BCUT2D eigenvalue weighted by Gasteiger charge is -2.30. The molecule has 0 bridgehead atoms. The molecular formula is C9H13NO3. The van der Waals surface area contributed by atoms with Gasteiger partial charge in [0.05, 0.1) is 0 Å². The van der Waals surface area contributed by atoms with Crippen LogP contribution < -0.4 is 5.73 Å². The predicted octanol–water partition coefficient (Wildman–Crippen LogP) is 0.514. The van der Waals surface area contributed by atoms with Crippen LogP contribution in [0.1, 0.15) is 27.2 Å². The van der Waals surface area contributed by atoms with E-state index < -0.39 is 17.5 Å². The first-order chi connectivity index (χ1) is 5.83. The van der Waals surface area contributed by atoms with Crippen LogP contribution in [0.25, 0.3) is 0 Å². The van der Waals surface area contributed by atoms with Gasteiger partial charge in [-0.05, 0) is 26.3 Å². The number of cyclic esters (lactones) is 1. The molecular weight excluding hydrogens is 170 g/mol. The van der Waals surface area contributed by atoms with Crippen LogP contribution in [0.15, 0.2) is 11.1 Å². The van der Waals surface area contributed by atoms with Crippen LogP contribution in [0.2, 0.25) is 0 Å². The molecule has 0 aromatic rings. The van der Waals surface area contributed by atoms with Gasteiger partial charge in [-0.2, -0.15) is 0 Å². The summed E-state index contributed by atoms with van der Waals surface area (Å²) in [6, 6.07) is 0. The Balaban J connectivity index is 3.09. The summed E-state index contributed by atoms with van der Waals surface area (Å²) < 4.78 is 5.02. The Morgan fingerprint density at radius 2 is 2.08 bits per heavy atom. The SMILES string of the molecule is CC1=C(C(N)=O)C(=O)OC(C)(C)C1. The highest BCUT2D eigenvalue weighted by molar-refractivity contribution is 6.16. The van der Waals surface area contributed by atoms with E-state index in [1.54, 1.807) is 20.8 Å². The predicted molar refractivity (Wildman–Crippen MR) is 46.7 cm³/mol. The van der Waals surface area contributed by atoms with Crippen molar-refractivity contribution in [2.75, 3.05) is 0 Å². The van der Waals surface area contributed by atoms with Crippen molar-refractivity contribution >= 4 is 11.9 Å². The van der Waals surface area contributed by atoms with Gasteiger partial charge in [0.15, 0.2) is 0 Å². The van der Waals surface area contributed by atoms with Crippen molar-refractivity contribution in [3.8, 4) is 0 Å². The zero-order valence-corrected chi connectivity index (χ0v) is 8.01. The molecule has 1 amide bonds. The fraction of sp³-hybridized carbons (Fsp3) is 0.556. The van der Waals surface area contributed by atoms with Crippen molar-refractivity contribution in [1.29, 1.82) is 0 Å². The molecule has 0 aromatic heterocycles. The first kappa shape index (κ1) is 9.77. The molecule has 0 saturated carbocycles. The van der Waals surface area contributed by atoms with Gasteiger partial charge in [0.25, 0.3) is 5.91 Å². The smallest absolute Gasteiger partial charge is 0.344 e. The van der Waals surface area contributed by atoms with Gasteiger partial charge in [-0.3, -0.25) is 4.79 Å². The van der Waals surface area contributed by atoms with Gasteiger partial charge < -0.3 is 10.5 Å². The van der Waals surface area contributed by atoms with E-state index in [2.05, 4.69) is 0 Å². The van der Waals surface area contributed by atoms with Gasteiger partial charge in [0.2, 0.25) is 0 Å². The van der Waals surface area contributed by atoms with E-state index in [-0.39, 0.29) is 5.57 Å². The third-order valence-corrected chi connectivity index (χ3v) is 1.94. The minimum atomic E-state index is -0.710. The molecule has 0 radical (unpaired) electrons. The van der Waals surface area contributed by atoms with Gasteiger partial charge in [0, 0.05) is 6.42 Å². The van der Waals surface area contributed by atoms with Gasteiger partial charge in [-0.15, -0.1) is 0 Å². The zero-order valence-electron chi connectivity index (χ0n) is 8.01. The van der Waals surface area contributed by atoms with E-state index >= 15 is 0 Å². The zero-order chi connectivity index (χ0) is 10.2. The number of esters is 1. The molecule has 4 nitrogen and oxygen atoms in total. The lowest BCUT2D eigenvalue weighted by atomic mass is 9.92. The lowest BCUT2D eigenvalue weighted by molar-refractivity contribution is -0.154. The van der Waals surface area contributed by atoms with Crippen LogP contribution in [-0.2, 0) is 14.3 Å². The van der Waals surface area contributed by atoms with Crippen LogP contribution >= 0.6 is 0 Å². The number of hydrogen-bond acceptors (Lipinski definition) is 3. The molecule has 1 rings (SSSR count). The Bertz CT molecular complexity index is 302. The fourth-order valence-corrected chi connectivity index (χ4v) is 1.55. The molecule has 0 saturated heterocycles. The van der Waals surface area contributed by atoms with E-state index in [0.717, 1.165) is 0 Å². The summed E-state index contributed by atoms with van der Waals surface area (Å²) in [5.74, 6) is -1.32. The highest BCUT2D eigenvalue weighted by Gasteiger charge is 2.34. The van der Waals surface area contributed by atoms with Gasteiger partial charge >= 0.3 is 5.97 Å². The van der Waals surface area contributed by atoms with Crippen LogP contribution in [0.3, 0.4) is 0 Å². The molecule has 0 unspecified atom stereocenters. The maximum atomic E-state index is 11.3. The number of nitrogens with two attached hydrogens (primary N) is 1. The third kappa shape index (κ3) is 1.88. The second-order valence-electron chi connectivity index (χ2n) is 3.85. The lowest BCUT2D eigenvalue weighted by Crippen LogP contribution is -2.37. The monoisotopic (exact) mass is 183 g/mol. The summed E-state index contributed by atoms with van der Waals surface area (Å²) in [6.07, 6.45) is 0.553. The molecule has 0 aromatic carbocycles. The van der Waals surface area contributed by atoms with Crippen molar-refractivity contribution in [2.24, 2.45) is 5.73 Å². The van der Waals surface area contributed by atoms with E-state index in [9.17, 15) is 9.59 Å². The molecule has 1 heterocycles. The highest BCUT2D eigenvalue weighted by atomic mass is 16.6. The van der Waals surface area contributed by atoms with Crippen LogP contribution in [-0.4, -0.2) is 17.5 Å². The van der Waals surface area contributed by atoms with Crippen molar-refractivity contribution in [2.45, 2.75) is 32.8 Å². The van der Waals surface area contributed by atoms with Crippen LogP contribution in [0, 0.1) is 0 Å². The van der Waals surface area contributed by atoms with E-state index in [1.807, 2.05) is 0 Å². The minimum absolute atomic E-state index is 0.000625. The number of carbonyl (C=O) groups excluding carboxylic acids is 2. The number of ether oxygens (including phenoxy) is 1. The normalized spacial score (nSPS) is 21.3. The molecule has 72 valence electrons. The Hall–Kier alpha value is -1.32. The number of rotatable bonds is 1. The van der Waals surface area contributed by atoms with E-state index in [0.29, 0.717) is 12.0 Å². The summed E-state index contributed by atoms with van der Waals surface area (Å²) in [7, 11) is 0. The molecule has 1 aliphatic rings. The largest absolute Gasteiger partial charge is 0.456 e. The summed E-state index contributed by atoms with van der Waals surface area (Å²) in [5, 5.41) is 0. The first-order valence-electron chi connectivity index (χ1n) is 4.06. The molecule has 13 heavy (non-hydrogen) atoms. The standard InChI is InChI=1S/C9H13NO3/c1-5-4-9(2,3)13-8(12)6(5)7(10)11/h4H2,1-3H3,(H2,10,11). The molecule has 4 heteroatoms. The molecule has 0 spiro atoms. The maximum absolute atomic E-state index is 11.3. The van der Waals surface area contributed by atoms with Gasteiger partial charge in [-0.25, -0.2) is 4.79 Å².